The number of aliphatic hydroxyl groups is 3. The summed E-state index contributed by atoms with van der Waals surface area (Å²) in [4.78, 5) is 12.9. The summed E-state index contributed by atoms with van der Waals surface area (Å²) >= 11 is 6.47. The van der Waals surface area contributed by atoms with Crippen molar-refractivity contribution in [1.29, 1.82) is 0 Å². The second kappa shape index (κ2) is 8.75. The Hall–Kier alpha value is -3.70. The molecule has 0 bridgehead atoms. The van der Waals surface area contributed by atoms with Gasteiger partial charge in [-0.2, -0.15) is 4.98 Å². The SMILES string of the molecule is Nc1nc(Cl)c(-c2cc3cc(-c4nc5ccccc5o4)ccc3o2)c(N[C@@H]2C[C@H](CO)[C@@H](O)[C@H]2O)n1. The van der Waals surface area contributed by atoms with Gasteiger partial charge in [0, 0.05) is 23.5 Å². The highest BCUT2D eigenvalue weighted by atomic mass is 35.5. The number of para-hydroxylation sites is 2. The number of halogens is 1. The zero-order chi connectivity index (χ0) is 25.0. The maximum atomic E-state index is 10.5. The molecule has 0 saturated heterocycles. The first-order valence-corrected chi connectivity index (χ1v) is 11.8. The molecule has 36 heavy (non-hydrogen) atoms. The van der Waals surface area contributed by atoms with Crippen LogP contribution in [0, 0.1) is 5.92 Å². The summed E-state index contributed by atoms with van der Waals surface area (Å²) in [5.41, 5.74) is 9.05. The van der Waals surface area contributed by atoms with Crippen LogP contribution in [0.25, 0.3) is 44.8 Å². The van der Waals surface area contributed by atoms with Crippen molar-refractivity contribution in [2.24, 2.45) is 5.92 Å². The van der Waals surface area contributed by atoms with Crippen molar-refractivity contribution >= 4 is 45.4 Å². The van der Waals surface area contributed by atoms with Gasteiger partial charge in [-0.25, -0.2) is 9.97 Å². The molecule has 4 atom stereocenters. The maximum absolute atomic E-state index is 10.5. The first-order valence-electron chi connectivity index (χ1n) is 11.4. The average Bonchev–Trinajstić information content (AvgIpc) is 3.55. The van der Waals surface area contributed by atoms with Crippen LogP contribution in [0.15, 0.2) is 57.4 Å². The van der Waals surface area contributed by atoms with E-state index in [-0.39, 0.29) is 23.5 Å². The van der Waals surface area contributed by atoms with Crippen molar-refractivity contribution in [2.45, 2.75) is 24.7 Å². The van der Waals surface area contributed by atoms with E-state index >= 15 is 0 Å². The van der Waals surface area contributed by atoms with E-state index in [1.807, 2.05) is 42.5 Å². The predicted octanol–water partition coefficient (Wildman–Crippen LogP) is 3.45. The van der Waals surface area contributed by atoms with E-state index in [0.717, 1.165) is 16.5 Å². The van der Waals surface area contributed by atoms with Crippen LogP contribution in [0.5, 0.6) is 0 Å². The number of oxazole rings is 1. The van der Waals surface area contributed by atoms with Crippen molar-refractivity contribution in [1.82, 2.24) is 15.0 Å². The lowest BCUT2D eigenvalue weighted by atomic mass is 10.1. The van der Waals surface area contributed by atoms with Gasteiger partial charge in [-0.1, -0.05) is 23.7 Å². The lowest BCUT2D eigenvalue weighted by Crippen LogP contribution is -2.35. The standard InChI is InChI=1S/C25H22ClN5O5/c26-22-19(23(31-25(27)30-22)28-15-8-13(10-32)20(33)21(15)34)18-9-12-7-11(5-6-16(12)35-18)24-29-14-3-1-2-4-17(14)36-24/h1-7,9,13,15,20-21,32-34H,8,10H2,(H3,27,28,30,31)/t13-,15-,20-,21+/m1/s1. The second-order valence-corrected chi connectivity index (χ2v) is 9.21. The minimum Gasteiger partial charge on any atom is -0.456 e. The van der Waals surface area contributed by atoms with Crippen molar-refractivity contribution in [3.8, 4) is 22.8 Å². The number of aliphatic hydroxyl groups excluding tert-OH is 3. The summed E-state index contributed by atoms with van der Waals surface area (Å²) in [5, 5.41) is 34.1. The van der Waals surface area contributed by atoms with Gasteiger partial charge in [0.15, 0.2) is 5.58 Å². The number of hydrogen-bond acceptors (Lipinski definition) is 10. The molecule has 3 aromatic heterocycles. The smallest absolute Gasteiger partial charge is 0.227 e. The Balaban J connectivity index is 1.38. The zero-order valence-electron chi connectivity index (χ0n) is 18.8. The molecule has 6 N–H and O–H groups in total. The number of rotatable bonds is 5. The molecule has 5 aromatic rings. The Labute approximate surface area is 209 Å². The minimum atomic E-state index is -1.11. The zero-order valence-corrected chi connectivity index (χ0v) is 19.6. The quantitative estimate of drug-likeness (QED) is 0.222. The van der Waals surface area contributed by atoms with Gasteiger partial charge in [-0.05, 0) is 42.8 Å². The molecule has 1 aliphatic rings. The predicted molar refractivity (Wildman–Crippen MR) is 134 cm³/mol. The van der Waals surface area contributed by atoms with Crippen LogP contribution in [0.1, 0.15) is 6.42 Å². The molecule has 0 radical (unpaired) electrons. The lowest BCUT2D eigenvalue weighted by Gasteiger charge is -2.20. The number of hydrogen-bond donors (Lipinski definition) is 5. The first kappa shape index (κ1) is 22.7. The summed E-state index contributed by atoms with van der Waals surface area (Å²) in [6.07, 6.45) is -1.85. The molecule has 6 rings (SSSR count). The molecule has 3 heterocycles. The Bertz CT molecular complexity index is 1550. The van der Waals surface area contributed by atoms with E-state index in [9.17, 15) is 15.3 Å². The van der Waals surface area contributed by atoms with Crippen LogP contribution in [0.3, 0.4) is 0 Å². The Kier molecular flexibility index (Phi) is 5.53. The molecule has 0 unspecified atom stereocenters. The third-order valence-corrected chi connectivity index (χ3v) is 6.82. The van der Waals surface area contributed by atoms with Crippen LogP contribution < -0.4 is 11.1 Å². The highest BCUT2D eigenvalue weighted by Gasteiger charge is 2.41. The molecule has 1 fully saturated rings. The normalized spacial score (nSPS) is 22.0. The number of fused-ring (bicyclic) bond motifs is 2. The van der Waals surface area contributed by atoms with E-state index in [2.05, 4.69) is 20.3 Å². The van der Waals surface area contributed by atoms with Crippen LogP contribution in [-0.2, 0) is 0 Å². The molecule has 1 saturated carbocycles. The number of nitrogens with two attached hydrogens (primary N) is 1. The fraction of sp³-hybridized carbons (Fsp3) is 0.240. The summed E-state index contributed by atoms with van der Waals surface area (Å²) in [6, 6.07) is 14.3. The summed E-state index contributed by atoms with van der Waals surface area (Å²) < 4.78 is 12.0. The Morgan fingerprint density at radius 3 is 2.61 bits per heavy atom. The Morgan fingerprint density at radius 2 is 1.83 bits per heavy atom. The monoisotopic (exact) mass is 507 g/mol. The molecular formula is C25H22ClN5O5. The summed E-state index contributed by atoms with van der Waals surface area (Å²) in [6.45, 7) is -0.248. The lowest BCUT2D eigenvalue weighted by molar-refractivity contribution is 0.00446. The number of aromatic nitrogens is 3. The van der Waals surface area contributed by atoms with Crippen LogP contribution in [0.4, 0.5) is 11.8 Å². The van der Waals surface area contributed by atoms with Gasteiger partial charge < -0.3 is 35.2 Å². The summed E-state index contributed by atoms with van der Waals surface area (Å²) in [5.74, 6) is 0.600. The van der Waals surface area contributed by atoms with Gasteiger partial charge in [0.25, 0.3) is 0 Å². The van der Waals surface area contributed by atoms with E-state index < -0.39 is 24.2 Å². The van der Waals surface area contributed by atoms with Gasteiger partial charge >= 0.3 is 0 Å². The number of nitrogens with zero attached hydrogens (tertiary/aromatic N) is 3. The fourth-order valence-corrected chi connectivity index (χ4v) is 4.96. The highest BCUT2D eigenvalue weighted by Crippen LogP contribution is 2.39. The third-order valence-electron chi connectivity index (χ3n) is 6.54. The highest BCUT2D eigenvalue weighted by molar-refractivity contribution is 6.32. The number of anilines is 2. The molecule has 1 aliphatic carbocycles. The van der Waals surface area contributed by atoms with Gasteiger partial charge in [-0.3, -0.25) is 0 Å². The van der Waals surface area contributed by atoms with Crippen molar-refractivity contribution < 1.29 is 24.2 Å². The molecule has 2 aromatic carbocycles. The molecule has 0 aliphatic heterocycles. The maximum Gasteiger partial charge on any atom is 0.227 e. The third kappa shape index (κ3) is 3.84. The number of nitrogens with one attached hydrogen (secondary N) is 1. The van der Waals surface area contributed by atoms with Crippen molar-refractivity contribution in [2.75, 3.05) is 17.7 Å². The fourth-order valence-electron chi connectivity index (χ4n) is 4.69. The van der Waals surface area contributed by atoms with E-state index in [1.165, 1.54) is 0 Å². The van der Waals surface area contributed by atoms with Gasteiger partial charge in [0.05, 0.1) is 17.7 Å². The average molecular weight is 508 g/mol. The van der Waals surface area contributed by atoms with Gasteiger partial charge in [-0.15, -0.1) is 0 Å². The largest absolute Gasteiger partial charge is 0.456 e. The van der Waals surface area contributed by atoms with E-state index in [4.69, 9.17) is 26.2 Å². The van der Waals surface area contributed by atoms with Crippen molar-refractivity contribution in [3.63, 3.8) is 0 Å². The van der Waals surface area contributed by atoms with E-state index in [0.29, 0.717) is 34.8 Å². The summed E-state index contributed by atoms with van der Waals surface area (Å²) in [7, 11) is 0. The molecule has 0 spiro atoms. The molecule has 10 nitrogen and oxygen atoms in total. The first-order chi connectivity index (χ1) is 17.4. The van der Waals surface area contributed by atoms with Crippen LogP contribution >= 0.6 is 11.6 Å². The minimum absolute atomic E-state index is 0.0626. The molecule has 0 amide bonds. The number of benzene rings is 2. The van der Waals surface area contributed by atoms with E-state index in [1.54, 1.807) is 6.07 Å². The molecular weight excluding hydrogens is 486 g/mol. The van der Waals surface area contributed by atoms with Gasteiger partial charge in [0.2, 0.25) is 11.8 Å². The van der Waals surface area contributed by atoms with Crippen molar-refractivity contribution in [3.05, 3.63) is 53.7 Å². The topological polar surface area (TPSA) is 164 Å². The Morgan fingerprint density at radius 1 is 1.00 bits per heavy atom. The number of furan rings is 1. The van der Waals surface area contributed by atoms with Crippen LogP contribution in [-0.4, -0.2) is 55.1 Å². The number of nitrogen functional groups attached to an aromatic ring is 1. The van der Waals surface area contributed by atoms with Gasteiger partial charge in [0.1, 0.15) is 33.9 Å². The van der Waals surface area contributed by atoms with Crippen LogP contribution in [0.2, 0.25) is 5.15 Å². The molecule has 11 heteroatoms. The second-order valence-electron chi connectivity index (χ2n) is 8.86. The molecule has 184 valence electrons.